The molecule has 15 heavy (non-hydrogen) atoms. The molecule has 0 unspecified atom stereocenters. The van der Waals surface area contributed by atoms with E-state index in [0.717, 1.165) is 11.1 Å². The van der Waals surface area contributed by atoms with Gasteiger partial charge >= 0.3 is 0 Å². The van der Waals surface area contributed by atoms with Gasteiger partial charge < -0.3 is 5.73 Å². The van der Waals surface area contributed by atoms with E-state index in [9.17, 15) is 0 Å². The maximum absolute atomic E-state index is 5.87. The Kier molecular flexibility index (Phi) is 4.01. The summed E-state index contributed by atoms with van der Waals surface area (Å²) in [5, 5.41) is 0.669. The van der Waals surface area contributed by atoms with Crippen LogP contribution < -0.4 is 5.73 Å². The van der Waals surface area contributed by atoms with Crippen LogP contribution in [0.15, 0.2) is 48.5 Å². The Morgan fingerprint density at radius 2 is 1.60 bits per heavy atom. The molecule has 2 aromatic carbocycles. The molecule has 1 nitrogen and oxygen atoms in total. The lowest BCUT2D eigenvalue weighted by atomic mass is 10.0. The van der Waals surface area contributed by atoms with Gasteiger partial charge in [0.1, 0.15) is 0 Å². The van der Waals surface area contributed by atoms with E-state index in [0.29, 0.717) is 10.7 Å². The summed E-state index contributed by atoms with van der Waals surface area (Å²) in [4.78, 5) is 0. The van der Waals surface area contributed by atoms with Gasteiger partial charge in [0.2, 0.25) is 0 Å². The second-order valence-corrected chi connectivity index (χ2v) is 3.53. The molecule has 0 aliphatic rings. The Balaban J connectivity index is 0.00000112. The van der Waals surface area contributed by atoms with Crippen molar-refractivity contribution in [2.45, 2.75) is 0 Å². The number of anilines is 1. The molecule has 2 N–H and O–H groups in total. The molecular weight excluding hydrogens is 229 g/mol. The summed E-state index contributed by atoms with van der Waals surface area (Å²) < 4.78 is 0. The SMILES string of the molecule is Cl.Nc1cc(Cl)ccc1-c1ccccc1. The maximum Gasteiger partial charge on any atom is 0.0426 e. The fourth-order valence-corrected chi connectivity index (χ4v) is 1.59. The van der Waals surface area contributed by atoms with Gasteiger partial charge in [-0.3, -0.25) is 0 Å². The van der Waals surface area contributed by atoms with Crippen LogP contribution in [0.1, 0.15) is 0 Å². The van der Waals surface area contributed by atoms with Gasteiger partial charge in [-0.15, -0.1) is 12.4 Å². The Morgan fingerprint density at radius 1 is 0.933 bits per heavy atom. The van der Waals surface area contributed by atoms with Crippen molar-refractivity contribution in [2.75, 3.05) is 5.73 Å². The predicted molar refractivity (Wildman–Crippen MR) is 68.5 cm³/mol. The molecule has 0 aromatic heterocycles. The van der Waals surface area contributed by atoms with Crippen LogP contribution in [0.25, 0.3) is 11.1 Å². The summed E-state index contributed by atoms with van der Waals surface area (Å²) in [5.41, 5.74) is 8.72. The van der Waals surface area contributed by atoms with Crippen LogP contribution in [0.5, 0.6) is 0 Å². The second kappa shape index (κ2) is 5.06. The van der Waals surface area contributed by atoms with E-state index in [1.807, 2.05) is 42.5 Å². The first-order valence-electron chi connectivity index (χ1n) is 4.38. The number of nitrogens with two attached hydrogens (primary N) is 1. The molecular formula is C12H11Cl2N. The zero-order valence-electron chi connectivity index (χ0n) is 7.98. The number of hydrogen-bond acceptors (Lipinski definition) is 1. The Labute approximate surface area is 100 Å². The molecule has 0 heterocycles. The first-order valence-corrected chi connectivity index (χ1v) is 4.75. The fourth-order valence-electron chi connectivity index (χ4n) is 1.41. The number of benzene rings is 2. The van der Waals surface area contributed by atoms with Crippen LogP contribution in [-0.2, 0) is 0 Å². The standard InChI is InChI=1S/C12H10ClN.ClH/c13-10-6-7-11(12(14)8-10)9-4-2-1-3-5-9;/h1-8H,14H2;1H. The first kappa shape index (κ1) is 11.9. The van der Waals surface area contributed by atoms with Gasteiger partial charge in [0.15, 0.2) is 0 Å². The molecule has 0 aliphatic heterocycles. The third kappa shape index (κ3) is 2.65. The van der Waals surface area contributed by atoms with E-state index in [4.69, 9.17) is 17.3 Å². The van der Waals surface area contributed by atoms with Crippen molar-refractivity contribution in [3.8, 4) is 11.1 Å². The molecule has 2 aromatic rings. The molecule has 0 aliphatic carbocycles. The minimum atomic E-state index is 0. The average molecular weight is 240 g/mol. The van der Waals surface area contributed by atoms with Crippen LogP contribution in [0.4, 0.5) is 5.69 Å². The highest BCUT2D eigenvalue weighted by atomic mass is 35.5. The Morgan fingerprint density at radius 3 is 2.20 bits per heavy atom. The van der Waals surface area contributed by atoms with Crippen LogP contribution in [-0.4, -0.2) is 0 Å². The molecule has 2 rings (SSSR count). The minimum Gasteiger partial charge on any atom is -0.398 e. The van der Waals surface area contributed by atoms with Gasteiger partial charge in [-0.2, -0.15) is 0 Å². The van der Waals surface area contributed by atoms with Gasteiger partial charge in [-0.1, -0.05) is 48.0 Å². The van der Waals surface area contributed by atoms with Crippen LogP contribution in [0.3, 0.4) is 0 Å². The normalized spacial score (nSPS) is 9.40. The number of hydrogen-bond donors (Lipinski definition) is 1. The molecule has 0 radical (unpaired) electrons. The van der Waals surface area contributed by atoms with Gasteiger partial charge in [-0.05, 0) is 17.7 Å². The van der Waals surface area contributed by atoms with Gasteiger partial charge in [-0.25, -0.2) is 0 Å². The zero-order valence-corrected chi connectivity index (χ0v) is 9.55. The highest BCUT2D eigenvalue weighted by Crippen LogP contribution is 2.27. The molecule has 0 amide bonds. The van der Waals surface area contributed by atoms with Crippen LogP contribution in [0, 0.1) is 0 Å². The van der Waals surface area contributed by atoms with Crippen LogP contribution in [0.2, 0.25) is 5.02 Å². The van der Waals surface area contributed by atoms with Gasteiger partial charge in [0.05, 0.1) is 0 Å². The third-order valence-electron chi connectivity index (χ3n) is 2.10. The van der Waals surface area contributed by atoms with Crippen molar-refractivity contribution in [1.82, 2.24) is 0 Å². The average Bonchev–Trinajstić information content (AvgIpc) is 2.19. The first-order chi connectivity index (χ1) is 6.77. The lowest BCUT2D eigenvalue weighted by Crippen LogP contribution is -1.89. The third-order valence-corrected chi connectivity index (χ3v) is 2.33. The monoisotopic (exact) mass is 239 g/mol. The predicted octanol–water partition coefficient (Wildman–Crippen LogP) is 4.01. The molecule has 78 valence electrons. The summed E-state index contributed by atoms with van der Waals surface area (Å²) >= 11 is 5.82. The van der Waals surface area contributed by atoms with Crippen molar-refractivity contribution >= 4 is 29.7 Å². The smallest absolute Gasteiger partial charge is 0.0426 e. The van der Waals surface area contributed by atoms with E-state index < -0.39 is 0 Å². The van der Waals surface area contributed by atoms with Crippen molar-refractivity contribution in [3.63, 3.8) is 0 Å². The zero-order chi connectivity index (χ0) is 9.97. The van der Waals surface area contributed by atoms with Crippen molar-refractivity contribution in [1.29, 1.82) is 0 Å². The molecule has 3 heteroatoms. The Bertz CT molecular complexity index is 441. The number of halogens is 2. The summed E-state index contributed by atoms with van der Waals surface area (Å²) in [6.45, 7) is 0. The number of rotatable bonds is 1. The summed E-state index contributed by atoms with van der Waals surface area (Å²) in [6, 6.07) is 15.6. The molecule has 0 spiro atoms. The summed E-state index contributed by atoms with van der Waals surface area (Å²) in [7, 11) is 0. The van der Waals surface area contributed by atoms with E-state index in [1.54, 1.807) is 6.07 Å². The molecule has 0 atom stereocenters. The summed E-state index contributed by atoms with van der Waals surface area (Å²) in [5.74, 6) is 0. The van der Waals surface area contributed by atoms with Crippen molar-refractivity contribution < 1.29 is 0 Å². The van der Waals surface area contributed by atoms with Crippen LogP contribution >= 0.6 is 24.0 Å². The van der Waals surface area contributed by atoms with E-state index >= 15 is 0 Å². The topological polar surface area (TPSA) is 26.0 Å². The molecule has 0 saturated carbocycles. The summed E-state index contributed by atoms with van der Waals surface area (Å²) in [6.07, 6.45) is 0. The van der Waals surface area contributed by atoms with Gasteiger partial charge in [0.25, 0.3) is 0 Å². The highest BCUT2D eigenvalue weighted by molar-refractivity contribution is 6.31. The highest BCUT2D eigenvalue weighted by Gasteiger charge is 2.01. The lowest BCUT2D eigenvalue weighted by Gasteiger charge is -2.05. The lowest BCUT2D eigenvalue weighted by molar-refractivity contribution is 1.61. The van der Waals surface area contributed by atoms with Gasteiger partial charge in [0, 0.05) is 16.3 Å². The van der Waals surface area contributed by atoms with Crippen molar-refractivity contribution in [2.24, 2.45) is 0 Å². The quantitative estimate of drug-likeness (QED) is 0.748. The molecule has 0 fully saturated rings. The minimum absolute atomic E-state index is 0. The second-order valence-electron chi connectivity index (χ2n) is 3.10. The number of nitrogen functional groups attached to an aromatic ring is 1. The van der Waals surface area contributed by atoms with E-state index in [2.05, 4.69) is 0 Å². The van der Waals surface area contributed by atoms with E-state index in [1.165, 1.54) is 0 Å². The maximum atomic E-state index is 5.87. The fraction of sp³-hybridized carbons (Fsp3) is 0. The molecule has 0 saturated heterocycles. The Hall–Kier alpha value is -1.18. The largest absolute Gasteiger partial charge is 0.398 e. The molecule has 0 bridgehead atoms. The van der Waals surface area contributed by atoms with Crippen molar-refractivity contribution in [3.05, 3.63) is 53.6 Å². The van der Waals surface area contributed by atoms with E-state index in [-0.39, 0.29) is 12.4 Å².